The van der Waals surface area contributed by atoms with E-state index in [2.05, 4.69) is 47.4 Å². The Kier molecular flexibility index (Phi) is 4.31. The Morgan fingerprint density at radius 2 is 1.94 bits per heavy atom. The van der Waals surface area contributed by atoms with Crippen LogP contribution in [0.1, 0.15) is 10.4 Å². The van der Waals surface area contributed by atoms with Crippen LogP contribution in [0, 0.1) is 0 Å². The van der Waals surface area contributed by atoms with Crippen LogP contribution in [0.3, 0.4) is 0 Å². The van der Waals surface area contributed by atoms with Crippen molar-refractivity contribution in [3.05, 3.63) is 50.0 Å². The fourth-order valence-corrected chi connectivity index (χ4v) is 2.57. The highest BCUT2D eigenvalue weighted by Gasteiger charge is 2.11. The van der Waals surface area contributed by atoms with Crippen LogP contribution in [0.15, 0.2) is 39.3 Å². The van der Waals surface area contributed by atoms with Crippen LogP contribution in [0.5, 0.6) is 0 Å². The molecule has 0 atom stereocenters. The van der Waals surface area contributed by atoms with Gasteiger partial charge in [0.15, 0.2) is 11.0 Å². The molecule has 92 valence electrons. The average Bonchev–Trinajstić information content (AvgIpc) is 2.32. The Labute approximate surface area is 125 Å². The Morgan fingerprint density at radius 3 is 2.56 bits per heavy atom. The van der Waals surface area contributed by atoms with Crippen LogP contribution in [-0.2, 0) is 0 Å². The Morgan fingerprint density at radius 1 is 1.17 bits per heavy atom. The Hall–Kier alpha value is -0.980. The van der Waals surface area contributed by atoms with Gasteiger partial charge in [-0.15, -0.1) is 10.2 Å². The zero-order valence-electron chi connectivity index (χ0n) is 8.82. The molecule has 4 nitrogen and oxygen atoms in total. The maximum absolute atomic E-state index is 12.0. The van der Waals surface area contributed by atoms with Gasteiger partial charge in [0.25, 0.3) is 5.91 Å². The van der Waals surface area contributed by atoms with E-state index in [1.165, 1.54) is 0 Å². The third kappa shape index (κ3) is 3.28. The number of hydrogen-bond donors (Lipinski definition) is 1. The van der Waals surface area contributed by atoms with Gasteiger partial charge in [0.2, 0.25) is 0 Å². The lowest BCUT2D eigenvalue weighted by atomic mass is 10.2. The number of halogens is 3. The molecule has 1 N–H and O–H groups in total. The van der Waals surface area contributed by atoms with E-state index in [4.69, 9.17) is 11.6 Å². The Balaban J connectivity index is 2.19. The molecule has 0 radical (unpaired) electrons. The van der Waals surface area contributed by atoms with Crippen LogP contribution < -0.4 is 5.32 Å². The molecule has 18 heavy (non-hydrogen) atoms. The van der Waals surface area contributed by atoms with Gasteiger partial charge < -0.3 is 5.32 Å². The third-order valence-corrected chi connectivity index (χ3v) is 3.40. The molecule has 0 bridgehead atoms. The zero-order valence-corrected chi connectivity index (χ0v) is 12.8. The summed E-state index contributed by atoms with van der Waals surface area (Å²) in [5.74, 6) is 0.0743. The number of benzene rings is 1. The second-order valence-electron chi connectivity index (χ2n) is 3.32. The van der Waals surface area contributed by atoms with E-state index in [9.17, 15) is 4.79 Å². The van der Waals surface area contributed by atoms with Crippen molar-refractivity contribution >= 4 is 55.2 Å². The van der Waals surface area contributed by atoms with Crippen LogP contribution >= 0.6 is 43.5 Å². The summed E-state index contributed by atoms with van der Waals surface area (Å²) in [5, 5.41) is 10.3. The highest BCUT2D eigenvalue weighted by molar-refractivity contribution is 9.11. The van der Waals surface area contributed by atoms with E-state index in [0.29, 0.717) is 15.9 Å². The molecule has 0 saturated carbocycles. The number of carbonyl (C=O) groups excluding carboxylic acids is 1. The maximum Gasteiger partial charge on any atom is 0.258 e. The fraction of sp³-hybridized carbons (Fsp3) is 0. The Bertz CT molecular complexity index is 589. The SMILES string of the molecule is O=C(Nc1ccc(Cl)nn1)c1ccc(Br)cc1Br. The predicted molar refractivity (Wildman–Crippen MR) is 76.8 cm³/mol. The van der Waals surface area contributed by atoms with Crippen molar-refractivity contribution in [2.75, 3.05) is 5.32 Å². The minimum absolute atomic E-state index is 0.272. The lowest BCUT2D eigenvalue weighted by molar-refractivity contribution is 0.102. The van der Waals surface area contributed by atoms with Crippen molar-refractivity contribution < 1.29 is 4.79 Å². The summed E-state index contributed by atoms with van der Waals surface area (Å²) in [5.41, 5.74) is 0.509. The number of amides is 1. The summed E-state index contributed by atoms with van der Waals surface area (Å²) in [6.07, 6.45) is 0. The first-order valence-electron chi connectivity index (χ1n) is 4.82. The molecule has 0 spiro atoms. The van der Waals surface area contributed by atoms with Crippen molar-refractivity contribution in [1.29, 1.82) is 0 Å². The van der Waals surface area contributed by atoms with E-state index >= 15 is 0 Å². The largest absolute Gasteiger partial charge is 0.305 e. The molecule has 0 unspecified atom stereocenters. The van der Waals surface area contributed by atoms with Gasteiger partial charge >= 0.3 is 0 Å². The van der Waals surface area contributed by atoms with Crippen molar-refractivity contribution in [1.82, 2.24) is 10.2 Å². The minimum atomic E-state index is -0.272. The molecule has 0 fully saturated rings. The first-order valence-corrected chi connectivity index (χ1v) is 6.78. The molecule has 1 amide bonds. The number of carbonyl (C=O) groups is 1. The van der Waals surface area contributed by atoms with Crippen LogP contribution in [0.4, 0.5) is 5.82 Å². The third-order valence-electron chi connectivity index (χ3n) is 2.05. The van der Waals surface area contributed by atoms with E-state index in [1.807, 2.05) is 0 Å². The molecule has 1 aromatic carbocycles. The maximum atomic E-state index is 12.0. The number of rotatable bonds is 2. The first-order chi connectivity index (χ1) is 8.56. The summed E-state index contributed by atoms with van der Waals surface area (Å²) < 4.78 is 1.58. The number of aromatic nitrogens is 2. The quantitative estimate of drug-likeness (QED) is 0.845. The van der Waals surface area contributed by atoms with Gasteiger partial charge in [0.1, 0.15) is 0 Å². The van der Waals surface area contributed by atoms with Crippen LogP contribution in [0.25, 0.3) is 0 Å². The van der Waals surface area contributed by atoms with E-state index in [1.54, 1.807) is 30.3 Å². The molecule has 1 aromatic heterocycles. The molecule has 2 aromatic rings. The van der Waals surface area contributed by atoms with Crippen LogP contribution in [0.2, 0.25) is 5.15 Å². The number of hydrogen-bond acceptors (Lipinski definition) is 3. The molecule has 0 aliphatic rings. The topological polar surface area (TPSA) is 54.9 Å². The van der Waals surface area contributed by atoms with Crippen molar-refractivity contribution in [3.63, 3.8) is 0 Å². The van der Waals surface area contributed by atoms with Gasteiger partial charge in [-0.1, -0.05) is 27.5 Å². The standard InChI is InChI=1S/C11H6Br2ClN3O/c12-6-1-2-7(8(13)5-6)11(18)15-10-4-3-9(14)16-17-10/h1-5H,(H,15,17,18). The second kappa shape index (κ2) is 5.77. The molecule has 0 aliphatic carbocycles. The average molecular weight is 391 g/mol. The van der Waals surface area contributed by atoms with E-state index in [-0.39, 0.29) is 11.1 Å². The summed E-state index contributed by atoms with van der Waals surface area (Å²) in [7, 11) is 0. The fourth-order valence-electron chi connectivity index (χ4n) is 1.24. The zero-order chi connectivity index (χ0) is 13.1. The summed E-state index contributed by atoms with van der Waals surface area (Å²) in [6, 6.07) is 8.42. The summed E-state index contributed by atoms with van der Waals surface area (Å²) in [4.78, 5) is 12.0. The normalized spacial score (nSPS) is 10.2. The predicted octanol–water partition coefficient (Wildman–Crippen LogP) is 3.91. The molecular weight excluding hydrogens is 385 g/mol. The number of anilines is 1. The van der Waals surface area contributed by atoms with E-state index < -0.39 is 0 Å². The molecule has 1 heterocycles. The summed E-state index contributed by atoms with van der Waals surface area (Å²) in [6.45, 7) is 0. The smallest absolute Gasteiger partial charge is 0.258 e. The number of nitrogens with one attached hydrogen (secondary N) is 1. The van der Waals surface area contributed by atoms with Crippen LogP contribution in [-0.4, -0.2) is 16.1 Å². The first kappa shape index (κ1) is 13.5. The molecule has 2 rings (SSSR count). The highest BCUT2D eigenvalue weighted by atomic mass is 79.9. The summed E-state index contributed by atoms with van der Waals surface area (Å²) >= 11 is 12.3. The van der Waals surface area contributed by atoms with Gasteiger partial charge in [-0.2, -0.15) is 0 Å². The highest BCUT2D eigenvalue weighted by Crippen LogP contribution is 2.22. The van der Waals surface area contributed by atoms with Gasteiger partial charge in [-0.25, -0.2) is 0 Å². The molecule has 0 aliphatic heterocycles. The van der Waals surface area contributed by atoms with Crippen molar-refractivity contribution in [3.8, 4) is 0 Å². The van der Waals surface area contributed by atoms with Crippen molar-refractivity contribution in [2.45, 2.75) is 0 Å². The molecule has 7 heteroatoms. The lowest BCUT2D eigenvalue weighted by Crippen LogP contribution is -2.13. The molecular formula is C11H6Br2ClN3O. The lowest BCUT2D eigenvalue weighted by Gasteiger charge is -2.06. The van der Waals surface area contributed by atoms with Crippen molar-refractivity contribution in [2.24, 2.45) is 0 Å². The minimum Gasteiger partial charge on any atom is -0.305 e. The van der Waals surface area contributed by atoms with Gasteiger partial charge in [0.05, 0.1) is 5.56 Å². The van der Waals surface area contributed by atoms with Gasteiger partial charge in [-0.3, -0.25) is 4.79 Å². The van der Waals surface area contributed by atoms with E-state index in [0.717, 1.165) is 4.47 Å². The second-order valence-corrected chi connectivity index (χ2v) is 5.48. The van der Waals surface area contributed by atoms with Gasteiger partial charge in [-0.05, 0) is 46.3 Å². The van der Waals surface area contributed by atoms with Gasteiger partial charge in [0, 0.05) is 8.95 Å². The molecule has 0 saturated heterocycles. The monoisotopic (exact) mass is 389 g/mol. The number of nitrogens with zero attached hydrogens (tertiary/aromatic N) is 2.